The van der Waals surface area contributed by atoms with E-state index in [2.05, 4.69) is 36.1 Å². The number of likely N-dealkylation sites (tertiary alicyclic amines) is 1. The highest BCUT2D eigenvalue weighted by Gasteiger charge is 2.23. The van der Waals surface area contributed by atoms with Gasteiger partial charge in [-0.1, -0.05) is 0 Å². The lowest BCUT2D eigenvalue weighted by Crippen LogP contribution is -2.44. The monoisotopic (exact) mass is 257 g/mol. The maximum absolute atomic E-state index is 5.04. The molecule has 0 aromatic heterocycles. The van der Waals surface area contributed by atoms with E-state index in [1.165, 1.54) is 25.9 Å². The summed E-state index contributed by atoms with van der Waals surface area (Å²) in [5, 5.41) is 3.50. The van der Waals surface area contributed by atoms with Crippen LogP contribution in [0, 0.1) is 0 Å². The van der Waals surface area contributed by atoms with Crippen LogP contribution in [0.2, 0.25) is 0 Å². The molecule has 0 aromatic carbocycles. The summed E-state index contributed by atoms with van der Waals surface area (Å²) in [6.07, 6.45) is 3.81. The lowest BCUT2D eigenvalue weighted by Gasteiger charge is -2.30. The molecule has 1 saturated heterocycles. The van der Waals surface area contributed by atoms with E-state index in [9.17, 15) is 0 Å². The minimum absolute atomic E-state index is 0.599. The summed E-state index contributed by atoms with van der Waals surface area (Å²) in [5.74, 6) is 0. The highest BCUT2D eigenvalue weighted by Crippen LogP contribution is 2.15. The minimum atomic E-state index is 0.599. The summed E-state index contributed by atoms with van der Waals surface area (Å²) in [6, 6.07) is 1.35. The molecule has 0 bridgehead atoms. The van der Waals surface area contributed by atoms with Crippen molar-refractivity contribution in [3.05, 3.63) is 0 Å². The number of likely N-dealkylation sites (N-methyl/N-ethyl adjacent to an activating group) is 2. The molecule has 0 radical (unpaired) electrons. The van der Waals surface area contributed by atoms with Crippen molar-refractivity contribution in [2.24, 2.45) is 0 Å². The second-order valence-electron chi connectivity index (χ2n) is 5.62. The number of nitrogens with one attached hydrogen (secondary N) is 1. The Morgan fingerprint density at radius 2 is 2.28 bits per heavy atom. The van der Waals surface area contributed by atoms with Gasteiger partial charge in [0, 0.05) is 38.9 Å². The normalized spacial score (nSPS) is 22.8. The molecule has 0 aliphatic carbocycles. The van der Waals surface area contributed by atoms with E-state index in [-0.39, 0.29) is 0 Å². The number of methoxy groups -OCH3 is 1. The molecule has 1 rings (SSSR count). The molecule has 1 heterocycles. The maximum atomic E-state index is 5.04. The average Bonchev–Trinajstić information content (AvgIpc) is 2.74. The topological polar surface area (TPSA) is 27.7 Å². The van der Waals surface area contributed by atoms with Crippen molar-refractivity contribution in [1.82, 2.24) is 15.1 Å². The zero-order valence-electron chi connectivity index (χ0n) is 12.6. The van der Waals surface area contributed by atoms with Crippen LogP contribution in [-0.2, 0) is 4.74 Å². The summed E-state index contributed by atoms with van der Waals surface area (Å²) >= 11 is 0. The molecular weight excluding hydrogens is 226 g/mol. The number of ether oxygens (including phenoxy) is 1. The van der Waals surface area contributed by atoms with E-state index in [0.717, 1.165) is 32.2 Å². The Labute approximate surface area is 113 Å². The Kier molecular flexibility index (Phi) is 7.82. The van der Waals surface area contributed by atoms with Crippen molar-refractivity contribution < 1.29 is 4.74 Å². The van der Waals surface area contributed by atoms with Crippen LogP contribution >= 0.6 is 0 Å². The quantitative estimate of drug-likeness (QED) is 0.624. The highest BCUT2D eigenvalue weighted by atomic mass is 16.5. The van der Waals surface area contributed by atoms with Crippen molar-refractivity contribution in [2.75, 3.05) is 54.0 Å². The van der Waals surface area contributed by atoms with Gasteiger partial charge in [0.15, 0.2) is 0 Å². The predicted octanol–water partition coefficient (Wildman–Crippen LogP) is 1.03. The Morgan fingerprint density at radius 1 is 1.50 bits per heavy atom. The van der Waals surface area contributed by atoms with Gasteiger partial charge >= 0.3 is 0 Å². The minimum Gasteiger partial charge on any atom is -0.385 e. The fraction of sp³-hybridized carbons (Fsp3) is 1.00. The first kappa shape index (κ1) is 15.9. The Bertz CT molecular complexity index is 213. The molecule has 2 atom stereocenters. The van der Waals surface area contributed by atoms with Crippen LogP contribution in [-0.4, -0.2) is 75.9 Å². The predicted molar refractivity (Wildman–Crippen MR) is 77.1 cm³/mol. The number of hydrogen-bond acceptors (Lipinski definition) is 4. The van der Waals surface area contributed by atoms with Gasteiger partial charge in [-0.05, 0) is 53.4 Å². The van der Waals surface area contributed by atoms with Gasteiger partial charge < -0.3 is 19.9 Å². The molecule has 108 valence electrons. The van der Waals surface area contributed by atoms with Crippen LogP contribution in [0.5, 0.6) is 0 Å². The van der Waals surface area contributed by atoms with Gasteiger partial charge in [-0.2, -0.15) is 0 Å². The zero-order valence-corrected chi connectivity index (χ0v) is 12.6. The first-order valence-corrected chi connectivity index (χ1v) is 7.25. The van der Waals surface area contributed by atoms with Gasteiger partial charge in [0.2, 0.25) is 0 Å². The fourth-order valence-corrected chi connectivity index (χ4v) is 2.53. The first-order chi connectivity index (χ1) is 8.65. The van der Waals surface area contributed by atoms with Crippen LogP contribution in [0.25, 0.3) is 0 Å². The molecule has 0 spiro atoms. The molecule has 4 nitrogen and oxygen atoms in total. The van der Waals surface area contributed by atoms with Gasteiger partial charge in [-0.3, -0.25) is 0 Å². The highest BCUT2D eigenvalue weighted by molar-refractivity contribution is 4.80. The van der Waals surface area contributed by atoms with Crippen molar-refractivity contribution in [3.63, 3.8) is 0 Å². The van der Waals surface area contributed by atoms with Crippen LogP contribution in [0.1, 0.15) is 26.2 Å². The largest absolute Gasteiger partial charge is 0.385 e. The lowest BCUT2D eigenvalue weighted by molar-refractivity contribution is 0.177. The molecule has 0 aromatic rings. The Hall–Kier alpha value is -0.160. The third-order valence-electron chi connectivity index (χ3n) is 4.06. The van der Waals surface area contributed by atoms with Crippen molar-refractivity contribution in [2.45, 2.75) is 38.3 Å². The van der Waals surface area contributed by atoms with Crippen molar-refractivity contribution >= 4 is 0 Å². The van der Waals surface area contributed by atoms with Gasteiger partial charge in [0.1, 0.15) is 0 Å². The average molecular weight is 257 g/mol. The molecule has 2 unspecified atom stereocenters. The van der Waals surface area contributed by atoms with Crippen LogP contribution in [0.15, 0.2) is 0 Å². The van der Waals surface area contributed by atoms with E-state index in [1.54, 1.807) is 7.11 Å². The van der Waals surface area contributed by atoms with E-state index in [1.807, 2.05) is 0 Å². The zero-order chi connectivity index (χ0) is 13.4. The van der Waals surface area contributed by atoms with Crippen LogP contribution in [0.4, 0.5) is 0 Å². The molecule has 1 N–H and O–H groups in total. The van der Waals surface area contributed by atoms with E-state index in [0.29, 0.717) is 6.04 Å². The van der Waals surface area contributed by atoms with Gasteiger partial charge in [0.25, 0.3) is 0 Å². The summed E-state index contributed by atoms with van der Waals surface area (Å²) < 4.78 is 5.04. The Balaban J connectivity index is 2.10. The maximum Gasteiger partial charge on any atom is 0.0474 e. The molecule has 4 heteroatoms. The van der Waals surface area contributed by atoms with Gasteiger partial charge in [-0.25, -0.2) is 0 Å². The molecule has 1 aliphatic rings. The summed E-state index contributed by atoms with van der Waals surface area (Å²) in [5.41, 5.74) is 0. The second-order valence-corrected chi connectivity index (χ2v) is 5.62. The summed E-state index contributed by atoms with van der Waals surface area (Å²) in [7, 11) is 6.25. The van der Waals surface area contributed by atoms with Crippen LogP contribution < -0.4 is 5.32 Å². The third kappa shape index (κ3) is 5.65. The standard InChI is InChI=1S/C14H31N3O/c1-13(11-15-8-6-10-18-4)17(3)12-14-7-5-9-16(14)2/h13-15H,5-12H2,1-4H3. The smallest absolute Gasteiger partial charge is 0.0474 e. The number of nitrogens with zero attached hydrogens (tertiary/aromatic N) is 2. The molecule has 1 fully saturated rings. The molecular formula is C14H31N3O. The van der Waals surface area contributed by atoms with E-state index < -0.39 is 0 Å². The number of rotatable bonds is 9. The molecule has 18 heavy (non-hydrogen) atoms. The first-order valence-electron chi connectivity index (χ1n) is 7.25. The fourth-order valence-electron chi connectivity index (χ4n) is 2.53. The molecule has 1 aliphatic heterocycles. The van der Waals surface area contributed by atoms with Crippen LogP contribution in [0.3, 0.4) is 0 Å². The third-order valence-corrected chi connectivity index (χ3v) is 4.06. The Morgan fingerprint density at radius 3 is 2.89 bits per heavy atom. The second kappa shape index (κ2) is 8.86. The summed E-state index contributed by atoms with van der Waals surface area (Å²) in [6.45, 7) is 7.73. The van der Waals surface area contributed by atoms with Gasteiger partial charge in [-0.15, -0.1) is 0 Å². The van der Waals surface area contributed by atoms with E-state index >= 15 is 0 Å². The molecule has 0 saturated carbocycles. The molecule has 0 amide bonds. The van der Waals surface area contributed by atoms with Crippen molar-refractivity contribution in [1.29, 1.82) is 0 Å². The lowest BCUT2D eigenvalue weighted by atomic mass is 10.2. The van der Waals surface area contributed by atoms with E-state index in [4.69, 9.17) is 4.74 Å². The summed E-state index contributed by atoms with van der Waals surface area (Å²) in [4.78, 5) is 4.98. The van der Waals surface area contributed by atoms with Gasteiger partial charge in [0.05, 0.1) is 0 Å². The van der Waals surface area contributed by atoms with Crippen molar-refractivity contribution in [3.8, 4) is 0 Å². The number of hydrogen-bond donors (Lipinski definition) is 1. The SMILES string of the molecule is COCCCNCC(C)N(C)CC1CCCN1C.